The molecule has 0 radical (unpaired) electrons. The third kappa shape index (κ3) is 2.42. The number of piperazine rings is 1. The zero-order chi connectivity index (χ0) is 12.5. The van der Waals surface area contributed by atoms with Crippen molar-refractivity contribution in [2.75, 3.05) is 13.1 Å². The van der Waals surface area contributed by atoms with Crippen LogP contribution in [0.15, 0.2) is 12.2 Å². The molecule has 2 fully saturated rings. The molecule has 3 aliphatic rings. The number of carbonyl (C=O) groups excluding carboxylic acids is 2. The van der Waals surface area contributed by atoms with Gasteiger partial charge in [0.1, 0.15) is 6.04 Å². The van der Waals surface area contributed by atoms with Gasteiger partial charge in [-0.2, -0.15) is 0 Å². The van der Waals surface area contributed by atoms with Crippen molar-refractivity contribution in [1.29, 1.82) is 0 Å². The van der Waals surface area contributed by atoms with Crippen LogP contribution in [-0.4, -0.2) is 35.8 Å². The maximum absolute atomic E-state index is 12.3. The zero-order valence-corrected chi connectivity index (χ0v) is 10.6. The Balaban J connectivity index is 1.64. The molecule has 1 aliphatic heterocycles. The van der Waals surface area contributed by atoms with Gasteiger partial charge < -0.3 is 10.2 Å². The number of nitrogens with one attached hydrogen (secondary N) is 1. The summed E-state index contributed by atoms with van der Waals surface area (Å²) < 4.78 is 0. The summed E-state index contributed by atoms with van der Waals surface area (Å²) in [4.78, 5) is 25.8. The number of amides is 2. The monoisotopic (exact) mass is 248 g/mol. The van der Waals surface area contributed by atoms with Gasteiger partial charge in [-0.25, -0.2) is 0 Å². The molecule has 4 heteroatoms. The Kier molecular flexibility index (Phi) is 3.10. The Hall–Kier alpha value is -1.32. The van der Waals surface area contributed by atoms with Crippen LogP contribution >= 0.6 is 0 Å². The molecule has 98 valence electrons. The fourth-order valence-corrected chi connectivity index (χ4v) is 2.97. The average molecular weight is 248 g/mol. The fraction of sp³-hybridized carbons (Fsp3) is 0.714. The van der Waals surface area contributed by atoms with Gasteiger partial charge >= 0.3 is 0 Å². The summed E-state index contributed by atoms with van der Waals surface area (Å²) >= 11 is 0. The van der Waals surface area contributed by atoms with Crippen molar-refractivity contribution < 1.29 is 9.59 Å². The number of nitrogens with zero attached hydrogens (tertiary/aromatic N) is 1. The van der Waals surface area contributed by atoms with Gasteiger partial charge in [-0.1, -0.05) is 12.2 Å². The van der Waals surface area contributed by atoms with Crippen molar-refractivity contribution in [2.45, 2.75) is 38.1 Å². The molecular formula is C14H20N2O2. The van der Waals surface area contributed by atoms with Crippen LogP contribution in [0.25, 0.3) is 0 Å². The van der Waals surface area contributed by atoms with E-state index in [1.165, 1.54) is 0 Å². The third-order valence-corrected chi connectivity index (χ3v) is 4.18. The second kappa shape index (κ2) is 4.75. The number of carbonyl (C=O) groups is 2. The highest BCUT2D eigenvalue weighted by molar-refractivity contribution is 5.95. The highest BCUT2D eigenvalue weighted by Gasteiger charge is 2.42. The van der Waals surface area contributed by atoms with E-state index in [1.807, 2.05) is 0 Å². The van der Waals surface area contributed by atoms with Gasteiger partial charge in [0.2, 0.25) is 11.8 Å². The first-order valence-electron chi connectivity index (χ1n) is 6.97. The molecule has 2 aliphatic carbocycles. The quantitative estimate of drug-likeness (QED) is 0.760. The maximum Gasteiger partial charge on any atom is 0.245 e. The van der Waals surface area contributed by atoms with E-state index >= 15 is 0 Å². The molecule has 0 spiro atoms. The molecule has 0 aromatic carbocycles. The number of allylic oxidation sites excluding steroid dienone is 2. The lowest BCUT2D eigenvalue weighted by molar-refractivity contribution is -0.145. The molecule has 1 heterocycles. The van der Waals surface area contributed by atoms with Crippen LogP contribution in [0, 0.1) is 11.8 Å². The summed E-state index contributed by atoms with van der Waals surface area (Å²) in [7, 11) is 0. The lowest BCUT2D eigenvalue weighted by Crippen LogP contribution is -2.59. The molecule has 0 aromatic rings. The van der Waals surface area contributed by atoms with E-state index in [4.69, 9.17) is 0 Å². The number of hydrogen-bond acceptors (Lipinski definition) is 2. The minimum absolute atomic E-state index is 0.0119. The SMILES string of the molecule is O=C1CN(CC2CC=CCC2)C(=O)C(C2CC2)N1. The number of hydrogen-bond donors (Lipinski definition) is 1. The number of rotatable bonds is 3. The lowest BCUT2D eigenvalue weighted by atomic mass is 9.93. The van der Waals surface area contributed by atoms with Crippen molar-refractivity contribution in [2.24, 2.45) is 11.8 Å². The highest BCUT2D eigenvalue weighted by Crippen LogP contribution is 2.34. The Labute approximate surface area is 107 Å². The molecule has 0 bridgehead atoms. The van der Waals surface area contributed by atoms with E-state index in [-0.39, 0.29) is 24.4 Å². The van der Waals surface area contributed by atoms with Crippen molar-refractivity contribution >= 4 is 11.8 Å². The molecule has 4 nitrogen and oxygen atoms in total. The van der Waals surface area contributed by atoms with E-state index in [2.05, 4.69) is 17.5 Å². The van der Waals surface area contributed by atoms with Crippen molar-refractivity contribution in [1.82, 2.24) is 10.2 Å². The van der Waals surface area contributed by atoms with E-state index in [0.717, 1.165) is 38.6 Å². The molecule has 1 saturated heterocycles. The first-order chi connectivity index (χ1) is 8.74. The predicted molar refractivity (Wildman–Crippen MR) is 67.7 cm³/mol. The van der Waals surface area contributed by atoms with Gasteiger partial charge in [-0.05, 0) is 43.9 Å². The van der Waals surface area contributed by atoms with E-state index in [9.17, 15) is 9.59 Å². The predicted octanol–water partition coefficient (Wildman–Crippen LogP) is 1.08. The van der Waals surface area contributed by atoms with Crippen LogP contribution in [0.1, 0.15) is 32.1 Å². The van der Waals surface area contributed by atoms with Gasteiger partial charge in [0.25, 0.3) is 0 Å². The largest absolute Gasteiger partial charge is 0.342 e. The molecule has 18 heavy (non-hydrogen) atoms. The van der Waals surface area contributed by atoms with E-state index in [0.29, 0.717) is 11.8 Å². The molecule has 1 saturated carbocycles. The lowest BCUT2D eigenvalue weighted by Gasteiger charge is -2.35. The zero-order valence-electron chi connectivity index (χ0n) is 10.6. The van der Waals surface area contributed by atoms with Gasteiger partial charge in [-0.3, -0.25) is 9.59 Å². The average Bonchev–Trinajstić information content (AvgIpc) is 3.19. The minimum atomic E-state index is -0.231. The summed E-state index contributed by atoms with van der Waals surface area (Å²) in [5.74, 6) is 1.09. The van der Waals surface area contributed by atoms with Crippen LogP contribution in [0.4, 0.5) is 0 Å². The molecule has 3 rings (SSSR count). The van der Waals surface area contributed by atoms with E-state index < -0.39 is 0 Å². The van der Waals surface area contributed by atoms with Crippen LogP contribution < -0.4 is 5.32 Å². The summed E-state index contributed by atoms with van der Waals surface area (Å²) in [5, 5.41) is 2.85. The van der Waals surface area contributed by atoms with Crippen molar-refractivity contribution in [3.63, 3.8) is 0 Å². The van der Waals surface area contributed by atoms with E-state index in [1.54, 1.807) is 4.90 Å². The fourth-order valence-electron chi connectivity index (χ4n) is 2.97. The van der Waals surface area contributed by atoms with Crippen molar-refractivity contribution in [3.8, 4) is 0 Å². The second-order valence-corrected chi connectivity index (χ2v) is 5.75. The summed E-state index contributed by atoms with van der Waals surface area (Å²) in [6.45, 7) is 1.00. The Morgan fingerprint density at radius 3 is 2.72 bits per heavy atom. The highest BCUT2D eigenvalue weighted by atomic mass is 16.2. The van der Waals surface area contributed by atoms with Crippen LogP contribution in [0.2, 0.25) is 0 Å². The van der Waals surface area contributed by atoms with Gasteiger partial charge in [-0.15, -0.1) is 0 Å². The van der Waals surface area contributed by atoms with Crippen LogP contribution in [0.3, 0.4) is 0 Å². The minimum Gasteiger partial charge on any atom is -0.342 e. The summed E-state index contributed by atoms with van der Waals surface area (Å²) in [6, 6.07) is -0.231. The maximum atomic E-state index is 12.3. The third-order valence-electron chi connectivity index (χ3n) is 4.18. The molecule has 2 atom stereocenters. The first kappa shape index (κ1) is 11.8. The summed E-state index contributed by atoms with van der Waals surface area (Å²) in [6.07, 6.45) is 9.84. The topological polar surface area (TPSA) is 49.4 Å². The smallest absolute Gasteiger partial charge is 0.245 e. The molecular weight excluding hydrogens is 228 g/mol. The molecule has 2 unspecified atom stereocenters. The standard InChI is InChI=1S/C14H20N2O2/c17-12-9-16(8-10-4-2-1-3-5-10)14(18)13(15-12)11-6-7-11/h1-2,10-11,13H,3-9H2,(H,15,17). The second-order valence-electron chi connectivity index (χ2n) is 5.75. The van der Waals surface area contributed by atoms with Gasteiger partial charge in [0, 0.05) is 6.54 Å². The van der Waals surface area contributed by atoms with Gasteiger partial charge in [0.15, 0.2) is 0 Å². The summed E-state index contributed by atoms with van der Waals surface area (Å²) in [5.41, 5.74) is 0. The Bertz CT molecular complexity index is 387. The molecule has 2 amide bonds. The van der Waals surface area contributed by atoms with Crippen LogP contribution in [-0.2, 0) is 9.59 Å². The van der Waals surface area contributed by atoms with Crippen LogP contribution in [0.5, 0.6) is 0 Å². The normalized spacial score (nSPS) is 32.6. The Morgan fingerprint density at radius 2 is 2.06 bits per heavy atom. The van der Waals surface area contributed by atoms with Gasteiger partial charge in [0.05, 0.1) is 6.54 Å². The molecule has 1 N–H and O–H groups in total. The first-order valence-corrected chi connectivity index (χ1v) is 6.97. The molecule has 0 aromatic heterocycles. The Morgan fingerprint density at radius 1 is 1.22 bits per heavy atom. The van der Waals surface area contributed by atoms with Crippen molar-refractivity contribution in [3.05, 3.63) is 12.2 Å².